The van der Waals surface area contributed by atoms with Crippen LogP contribution in [0.25, 0.3) is 0 Å². The Hall–Kier alpha value is -1.85. The molecule has 6 nitrogen and oxygen atoms in total. The number of rotatable bonds is 5. The molecule has 0 radical (unpaired) electrons. The molecule has 0 saturated heterocycles. The van der Waals surface area contributed by atoms with Crippen LogP contribution in [0.4, 0.5) is 5.82 Å². The molecule has 0 fully saturated rings. The molecule has 0 atom stereocenters. The summed E-state index contributed by atoms with van der Waals surface area (Å²) in [6.45, 7) is 7.51. The van der Waals surface area contributed by atoms with Gasteiger partial charge in [0.2, 0.25) is 0 Å². The standard InChI is InChI=1S/C11H17N5O/c1-4-5-16-11(7-13-15-16)12-6-10-8(2)14-17-9(10)3/h7,12H,4-6H2,1-3H3. The summed E-state index contributed by atoms with van der Waals surface area (Å²) in [6, 6.07) is 0. The molecule has 0 aromatic carbocycles. The van der Waals surface area contributed by atoms with E-state index in [1.807, 2.05) is 18.5 Å². The lowest BCUT2D eigenvalue weighted by Crippen LogP contribution is -2.08. The molecular weight excluding hydrogens is 218 g/mol. The van der Waals surface area contributed by atoms with Gasteiger partial charge in [0.15, 0.2) is 0 Å². The second kappa shape index (κ2) is 4.99. The smallest absolute Gasteiger partial charge is 0.145 e. The van der Waals surface area contributed by atoms with Gasteiger partial charge in [-0.15, -0.1) is 5.10 Å². The molecule has 92 valence electrons. The normalized spacial score (nSPS) is 10.8. The van der Waals surface area contributed by atoms with Crippen LogP contribution in [0.2, 0.25) is 0 Å². The van der Waals surface area contributed by atoms with Gasteiger partial charge in [-0.05, 0) is 20.3 Å². The van der Waals surface area contributed by atoms with Gasteiger partial charge in [0.1, 0.15) is 11.6 Å². The summed E-state index contributed by atoms with van der Waals surface area (Å²) in [5.41, 5.74) is 2.01. The van der Waals surface area contributed by atoms with Gasteiger partial charge in [-0.1, -0.05) is 17.3 Å². The lowest BCUT2D eigenvalue weighted by atomic mass is 10.2. The van der Waals surface area contributed by atoms with Crippen molar-refractivity contribution >= 4 is 5.82 Å². The first-order chi connectivity index (χ1) is 8.22. The van der Waals surface area contributed by atoms with Gasteiger partial charge in [0.05, 0.1) is 11.9 Å². The number of hydrogen-bond acceptors (Lipinski definition) is 5. The molecular formula is C11H17N5O. The van der Waals surface area contributed by atoms with E-state index in [4.69, 9.17) is 4.52 Å². The van der Waals surface area contributed by atoms with Crippen molar-refractivity contribution < 1.29 is 4.52 Å². The average molecular weight is 235 g/mol. The summed E-state index contributed by atoms with van der Waals surface area (Å²) in [6.07, 6.45) is 2.76. The van der Waals surface area contributed by atoms with Crippen LogP contribution >= 0.6 is 0 Å². The third kappa shape index (κ3) is 2.46. The SMILES string of the molecule is CCCn1nncc1NCc1c(C)noc1C. The van der Waals surface area contributed by atoms with Gasteiger partial charge < -0.3 is 9.84 Å². The molecule has 2 heterocycles. The van der Waals surface area contributed by atoms with Crippen LogP contribution in [0.15, 0.2) is 10.7 Å². The molecule has 2 rings (SSSR count). The van der Waals surface area contributed by atoms with E-state index in [2.05, 4.69) is 27.7 Å². The monoisotopic (exact) mass is 235 g/mol. The van der Waals surface area contributed by atoms with E-state index < -0.39 is 0 Å². The minimum absolute atomic E-state index is 0.679. The van der Waals surface area contributed by atoms with E-state index in [1.165, 1.54) is 0 Å². The molecule has 1 N–H and O–H groups in total. The quantitative estimate of drug-likeness (QED) is 0.857. The van der Waals surface area contributed by atoms with Crippen molar-refractivity contribution in [1.82, 2.24) is 20.2 Å². The molecule has 0 aliphatic carbocycles. The molecule has 0 saturated carbocycles. The van der Waals surface area contributed by atoms with Crippen molar-refractivity contribution in [2.75, 3.05) is 5.32 Å². The highest BCUT2D eigenvalue weighted by Crippen LogP contribution is 2.14. The van der Waals surface area contributed by atoms with Gasteiger partial charge in [0.25, 0.3) is 0 Å². The highest BCUT2D eigenvalue weighted by atomic mass is 16.5. The second-order valence-corrected chi connectivity index (χ2v) is 4.00. The Morgan fingerprint density at radius 2 is 2.24 bits per heavy atom. The van der Waals surface area contributed by atoms with Crippen molar-refractivity contribution in [2.45, 2.75) is 40.3 Å². The first kappa shape index (κ1) is 11.6. The number of nitrogens with zero attached hydrogens (tertiary/aromatic N) is 4. The third-order valence-electron chi connectivity index (χ3n) is 2.68. The number of aromatic nitrogens is 4. The third-order valence-corrected chi connectivity index (χ3v) is 2.68. The zero-order valence-corrected chi connectivity index (χ0v) is 10.4. The van der Waals surface area contributed by atoms with E-state index in [-0.39, 0.29) is 0 Å². The molecule has 6 heteroatoms. The van der Waals surface area contributed by atoms with Crippen molar-refractivity contribution in [1.29, 1.82) is 0 Å². The molecule has 2 aromatic heterocycles. The number of nitrogens with one attached hydrogen (secondary N) is 1. The molecule has 2 aromatic rings. The number of hydrogen-bond donors (Lipinski definition) is 1. The molecule has 0 amide bonds. The first-order valence-corrected chi connectivity index (χ1v) is 5.76. The van der Waals surface area contributed by atoms with E-state index in [9.17, 15) is 0 Å². The van der Waals surface area contributed by atoms with Gasteiger partial charge >= 0.3 is 0 Å². The second-order valence-electron chi connectivity index (χ2n) is 4.00. The van der Waals surface area contributed by atoms with Gasteiger partial charge in [0, 0.05) is 18.7 Å². The Kier molecular flexibility index (Phi) is 3.41. The van der Waals surface area contributed by atoms with E-state index in [1.54, 1.807) is 6.20 Å². The lowest BCUT2D eigenvalue weighted by molar-refractivity contribution is 0.392. The summed E-state index contributed by atoms with van der Waals surface area (Å²) >= 11 is 0. The number of anilines is 1. The summed E-state index contributed by atoms with van der Waals surface area (Å²) in [5, 5.41) is 15.1. The number of aryl methyl sites for hydroxylation is 3. The van der Waals surface area contributed by atoms with Crippen LogP contribution in [-0.2, 0) is 13.1 Å². The molecule has 0 bridgehead atoms. The van der Waals surface area contributed by atoms with Crippen LogP contribution in [0, 0.1) is 13.8 Å². The molecule has 0 aliphatic heterocycles. The maximum atomic E-state index is 5.11. The van der Waals surface area contributed by atoms with E-state index in [0.29, 0.717) is 6.54 Å². The summed E-state index contributed by atoms with van der Waals surface area (Å²) < 4.78 is 6.97. The van der Waals surface area contributed by atoms with Crippen molar-refractivity contribution in [3.8, 4) is 0 Å². The van der Waals surface area contributed by atoms with Crippen LogP contribution in [0.1, 0.15) is 30.4 Å². The largest absolute Gasteiger partial charge is 0.365 e. The maximum Gasteiger partial charge on any atom is 0.145 e. The van der Waals surface area contributed by atoms with Crippen molar-refractivity contribution in [3.63, 3.8) is 0 Å². The van der Waals surface area contributed by atoms with Gasteiger partial charge in [-0.3, -0.25) is 0 Å². The summed E-state index contributed by atoms with van der Waals surface area (Å²) in [5.74, 6) is 1.77. The fourth-order valence-corrected chi connectivity index (χ4v) is 1.70. The van der Waals surface area contributed by atoms with Crippen molar-refractivity contribution in [3.05, 3.63) is 23.2 Å². The fourth-order valence-electron chi connectivity index (χ4n) is 1.70. The predicted molar refractivity (Wildman–Crippen MR) is 63.6 cm³/mol. The predicted octanol–water partition coefficient (Wildman–Crippen LogP) is 1.91. The Balaban J connectivity index is 2.05. The first-order valence-electron chi connectivity index (χ1n) is 5.76. The van der Waals surface area contributed by atoms with Crippen LogP contribution < -0.4 is 5.32 Å². The molecule has 0 unspecified atom stereocenters. The van der Waals surface area contributed by atoms with E-state index in [0.717, 1.165) is 35.8 Å². The van der Waals surface area contributed by atoms with Crippen LogP contribution in [0.3, 0.4) is 0 Å². The minimum atomic E-state index is 0.679. The zero-order chi connectivity index (χ0) is 12.3. The molecule has 0 spiro atoms. The Labute approximate surface area is 100.0 Å². The van der Waals surface area contributed by atoms with Gasteiger partial charge in [-0.2, -0.15) is 0 Å². The highest BCUT2D eigenvalue weighted by Gasteiger charge is 2.09. The van der Waals surface area contributed by atoms with Crippen LogP contribution in [0.5, 0.6) is 0 Å². The zero-order valence-electron chi connectivity index (χ0n) is 10.4. The lowest BCUT2D eigenvalue weighted by Gasteiger charge is -2.07. The maximum absolute atomic E-state index is 5.11. The summed E-state index contributed by atoms with van der Waals surface area (Å²) in [4.78, 5) is 0. The average Bonchev–Trinajstić information content (AvgIpc) is 2.86. The highest BCUT2D eigenvalue weighted by molar-refractivity contribution is 5.34. The fraction of sp³-hybridized carbons (Fsp3) is 0.545. The van der Waals surface area contributed by atoms with Crippen LogP contribution in [-0.4, -0.2) is 20.2 Å². The molecule has 17 heavy (non-hydrogen) atoms. The topological polar surface area (TPSA) is 68.8 Å². The summed E-state index contributed by atoms with van der Waals surface area (Å²) in [7, 11) is 0. The van der Waals surface area contributed by atoms with Gasteiger partial charge in [-0.25, -0.2) is 4.68 Å². The minimum Gasteiger partial charge on any atom is -0.365 e. The molecule has 0 aliphatic rings. The van der Waals surface area contributed by atoms with Crippen molar-refractivity contribution in [2.24, 2.45) is 0 Å². The Bertz CT molecular complexity index is 468. The Morgan fingerprint density at radius 3 is 2.88 bits per heavy atom. The Morgan fingerprint density at radius 1 is 1.41 bits per heavy atom. The van der Waals surface area contributed by atoms with E-state index >= 15 is 0 Å².